The van der Waals surface area contributed by atoms with Gasteiger partial charge in [0.1, 0.15) is 5.69 Å². The highest BCUT2D eigenvalue weighted by Crippen LogP contribution is 2.27. The van der Waals surface area contributed by atoms with Crippen LogP contribution < -0.4 is 20.1 Å². The van der Waals surface area contributed by atoms with Crippen LogP contribution in [0.1, 0.15) is 42.0 Å². The molecule has 0 saturated carbocycles. The van der Waals surface area contributed by atoms with Crippen molar-refractivity contribution in [2.75, 3.05) is 26.1 Å². The van der Waals surface area contributed by atoms with Gasteiger partial charge in [-0.25, -0.2) is 9.97 Å². The summed E-state index contributed by atoms with van der Waals surface area (Å²) >= 11 is 0. The second-order valence-corrected chi connectivity index (χ2v) is 6.70. The number of nitrogens with one attached hydrogen (secondary N) is 2. The van der Waals surface area contributed by atoms with Crippen LogP contribution in [-0.4, -0.2) is 36.6 Å². The van der Waals surface area contributed by atoms with E-state index in [0.717, 1.165) is 17.7 Å². The second-order valence-electron chi connectivity index (χ2n) is 6.70. The smallest absolute Gasteiger partial charge is 0.270 e. The molecule has 0 aliphatic heterocycles. The molecule has 0 fully saturated rings. The molecule has 0 atom stereocenters. The van der Waals surface area contributed by atoms with Crippen molar-refractivity contribution in [3.63, 3.8) is 0 Å². The van der Waals surface area contributed by atoms with Gasteiger partial charge in [0.2, 0.25) is 5.95 Å². The molecular weight excluding hydrogens is 344 g/mol. The zero-order chi connectivity index (χ0) is 19.8. The Morgan fingerprint density at radius 1 is 1.11 bits per heavy atom. The lowest BCUT2D eigenvalue weighted by atomic mass is 10.1. The van der Waals surface area contributed by atoms with Gasteiger partial charge >= 0.3 is 0 Å². The van der Waals surface area contributed by atoms with Crippen LogP contribution >= 0.6 is 0 Å². The Bertz CT molecular complexity index is 778. The van der Waals surface area contributed by atoms with Gasteiger partial charge in [0, 0.05) is 18.8 Å². The Labute approximate surface area is 160 Å². The summed E-state index contributed by atoms with van der Waals surface area (Å²) in [6, 6.07) is 7.36. The van der Waals surface area contributed by atoms with Crippen LogP contribution in [0.2, 0.25) is 0 Å². The van der Waals surface area contributed by atoms with E-state index < -0.39 is 0 Å². The number of hydrogen-bond acceptors (Lipinski definition) is 6. The van der Waals surface area contributed by atoms with E-state index in [4.69, 9.17) is 9.47 Å². The lowest BCUT2D eigenvalue weighted by Crippen LogP contribution is -2.26. The molecule has 0 aliphatic rings. The second kappa shape index (κ2) is 9.75. The number of aryl methyl sites for hydroxylation is 1. The molecule has 2 N–H and O–H groups in total. The molecule has 2 aromatic rings. The number of ether oxygens (including phenoxy) is 2. The first-order valence-electron chi connectivity index (χ1n) is 9.01. The average Bonchev–Trinajstić information content (AvgIpc) is 2.65. The minimum atomic E-state index is -0.185. The van der Waals surface area contributed by atoms with Crippen molar-refractivity contribution in [2.45, 2.75) is 33.7 Å². The summed E-state index contributed by atoms with van der Waals surface area (Å²) in [6.07, 6.45) is 0.931. The van der Waals surface area contributed by atoms with E-state index in [-0.39, 0.29) is 5.91 Å². The summed E-state index contributed by atoms with van der Waals surface area (Å²) in [7, 11) is 3.20. The third-order valence-corrected chi connectivity index (χ3v) is 3.99. The Balaban J connectivity index is 2.04. The van der Waals surface area contributed by atoms with Crippen LogP contribution in [0.4, 0.5) is 5.95 Å². The Hall–Kier alpha value is -2.83. The molecule has 0 aliphatic carbocycles. The fourth-order valence-corrected chi connectivity index (χ4v) is 2.50. The van der Waals surface area contributed by atoms with Crippen molar-refractivity contribution in [2.24, 2.45) is 5.92 Å². The van der Waals surface area contributed by atoms with Crippen LogP contribution in [-0.2, 0) is 6.54 Å². The predicted molar refractivity (Wildman–Crippen MR) is 105 cm³/mol. The van der Waals surface area contributed by atoms with Crippen LogP contribution in [0.5, 0.6) is 11.5 Å². The minimum Gasteiger partial charge on any atom is -0.493 e. The van der Waals surface area contributed by atoms with Gasteiger partial charge in [-0.2, -0.15) is 0 Å². The van der Waals surface area contributed by atoms with E-state index in [1.807, 2.05) is 25.1 Å². The highest BCUT2D eigenvalue weighted by Gasteiger charge is 2.11. The first kappa shape index (κ1) is 20.5. The fourth-order valence-electron chi connectivity index (χ4n) is 2.50. The maximum absolute atomic E-state index is 12.3. The van der Waals surface area contributed by atoms with Crippen LogP contribution in [0.25, 0.3) is 0 Å². The molecular formula is C20H28N4O3. The van der Waals surface area contributed by atoms with Crippen molar-refractivity contribution < 1.29 is 14.3 Å². The monoisotopic (exact) mass is 372 g/mol. The molecule has 146 valence electrons. The minimum absolute atomic E-state index is 0.185. The molecule has 27 heavy (non-hydrogen) atoms. The van der Waals surface area contributed by atoms with Crippen molar-refractivity contribution in [3.8, 4) is 11.5 Å². The van der Waals surface area contributed by atoms with Crippen molar-refractivity contribution in [3.05, 3.63) is 41.2 Å². The van der Waals surface area contributed by atoms with Gasteiger partial charge in [0.15, 0.2) is 11.5 Å². The summed E-state index contributed by atoms with van der Waals surface area (Å²) in [6.45, 7) is 7.22. The standard InChI is InChI=1S/C20H28N4O3/c1-13(2)8-9-21-19(25)16-10-14(3)23-20(24-16)22-12-15-6-7-17(26-4)18(11-15)27-5/h6-7,10-11,13H,8-9,12H2,1-5H3,(H,21,25)(H,22,23,24). The number of hydrogen-bond donors (Lipinski definition) is 2. The molecule has 7 nitrogen and oxygen atoms in total. The molecule has 7 heteroatoms. The number of nitrogens with zero attached hydrogens (tertiary/aromatic N) is 2. The van der Waals surface area contributed by atoms with Crippen molar-refractivity contribution >= 4 is 11.9 Å². The maximum Gasteiger partial charge on any atom is 0.270 e. The van der Waals surface area contributed by atoms with Gasteiger partial charge in [0.25, 0.3) is 5.91 Å². The van der Waals surface area contributed by atoms with E-state index in [1.165, 1.54) is 0 Å². The number of carbonyl (C=O) groups excluding carboxylic acids is 1. The zero-order valence-corrected chi connectivity index (χ0v) is 16.6. The fraction of sp³-hybridized carbons (Fsp3) is 0.450. The van der Waals surface area contributed by atoms with E-state index in [9.17, 15) is 4.79 Å². The molecule has 0 spiro atoms. The lowest BCUT2D eigenvalue weighted by Gasteiger charge is -2.11. The number of benzene rings is 1. The van der Waals surface area contributed by atoms with Gasteiger partial charge < -0.3 is 20.1 Å². The van der Waals surface area contributed by atoms with Gasteiger partial charge in [-0.15, -0.1) is 0 Å². The predicted octanol–water partition coefficient (Wildman–Crippen LogP) is 3.19. The van der Waals surface area contributed by atoms with Gasteiger partial charge in [0.05, 0.1) is 14.2 Å². The maximum atomic E-state index is 12.3. The number of aromatic nitrogens is 2. The molecule has 1 amide bonds. The van der Waals surface area contributed by atoms with Crippen LogP contribution in [0, 0.1) is 12.8 Å². The van der Waals surface area contributed by atoms with Crippen LogP contribution in [0.15, 0.2) is 24.3 Å². The zero-order valence-electron chi connectivity index (χ0n) is 16.6. The van der Waals surface area contributed by atoms with Gasteiger partial charge in [-0.05, 0) is 43.0 Å². The normalized spacial score (nSPS) is 10.6. The van der Waals surface area contributed by atoms with Crippen molar-refractivity contribution in [1.29, 1.82) is 0 Å². The topological polar surface area (TPSA) is 85.4 Å². The number of amides is 1. The van der Waals surface area contributed by atoms with E-state index >= 15 is 0 Å². The Kier molecular flexibility index (Phi) is 7.40. The number of rotatable bonds is 9. The van der Waals surface area contributed by atoms with Crippen LogP contribution in [0.3, 0.4) is 0 Å². The van der Waals surface area contributed by atoms with E-state index in [2.05, 4.69) is 34.4 Å². The van der Waals surface area contributed by atoms with Gasteiger partial charge in [-0.1, -0.05) is 19.9 Å². The summed E-state index contributed by atoms with van der Waals surface area (Å²) in [5.41, 5.74) is 2.08. The molecule has 0 bridgehead atoms. The summed E-state index contributed by atoms with van der Waals surface area (Å²) in [5, 5.41) is 6.06. The summed E-state index contributed by atoms with van der Waals surface area (Å²) < 4.78 is 10.6. The first-order chi connectivity index (χ1) is 12.9. The number of methoxy groups -OCH3 is 2. The van der Waals surface area contributed by atoms with E-state index in [1.54, 1.807) is 20.3 Å². The van der Waals surface area contributed by atoms with Gasteiger partial charge in [-0.3, -0.25) is 4.79 Å². The molecule has 2 rings (SSSR count). The molecule has 1 aromatic heterocycles. The Morgan fingerprint density at radius 3 is 2.52 bits per heavy atom. The number of anilines is 1. The highest BCUT2D eigenvalue weighted by molar-refractivity contribution is 5.92. The van der Waals surface area contributed by atoms with E-state index in [0.29, 0.717) is 42.1 Å². The molecule has 0 saturated heterocycles. The quantitative estimate of drug-likeness (QED) is 0.703. The summed E-state index contributed by atoms with van der Waals surface area (Å²) in [5.74, 6) is 2.10. The Morgan fingerprint density at radius 2 is 1.85 bits per heavy atom. The SMILES string of the molecule is COc1ccc(CNc2nc(C)cc(C(=O)NCCC(C)C)n2)cc1OC. The molecule has 1 aromatic carbocycles. The first-order valence-corrected chi connectivity index (χ1v) is 9.01. The summed E-state index contributed by atoms with van der Waals surface area (Å²) in [4.78, 5) is 21.0. The molecule has 1 heterocycles. The number of carbonyl (C=O) groups is 1. The lowest BCUT2D eigenvalue weighted by molar-refractivity contribution is 0.0947. The van der Waals surface area contributed by atoms with Crippen molar-refractivity contribution in [1.82, 2.24) is 15.3 Å². The highest BCUT2D eigenvalue weighted by atomic mass is 16.5. The molecule has 0 radical (unpaired) electrons. The average molecular weight is 372 g/mol. The third-order valence-electron chi connectivity index (χ3n) is 3.99. The molecule has 0 unspecified atom stereocenters. The third kappa shape index (κ3) is 6.13. The largest absolute Gasteiger partial charge is 0.493 e.